The van der Waals surface area contributed by atoms with Gasteiger partial charge in [-0.25, -0.2) is 9.29 Å². The third-order valence-electron chi connectivity index (χ3n) is 5.08. The zero-order valence-corrected chi connectivity index (χ0v) is 11.4. The van der Waals surface area contributed by atoms with Gasteiger partial charge in [0.05, 0.1) is 17.5 Å². The summed E-state index contributed by atoms with van der Waals surface area (Å²) in [5.74, 6) is -0.912. The first kappa shape index (κ1) is 12.3. The number of amides is 2. The minimum atomic E-state index is -0.619. The minimum Gasteiger partial charge on any atom is -0.274 e. The van der Waals surface area contributed by atoms with Crippen LogP contribution in [-0.2, 0) is 9.59 Å². The smallest absolute Gasteiger partial charge is 0.238 e. The van der Waals surface area contributed by atoms with Gasteiger partial charge in [-0.05, 0) is 49.3 Å². The molecule has 2 amide bonds. The molecule has 1 heterocycles. The highest BCUT2D eigenvalue weighted by atomic mass is 35.5. The first-order chi connectivity index (χ1) is 9.58. The monoisotopic (exact) mass is 293 g/mol. The van der Waals surface area contributed by atoms with Crippen LogP contribution in [0, 0.1) is 29.5 Å². The van der Waals surface area contributed by atoms with Crippen LogP contribution in [0.2, 0.25) is 5.02 Å². The third-order valence-corrected chi connectivity index (χ3v) is 5.31. The van der Waals surface area contributed by atoms with Crippen molar-refractivity contribution in [1.29, 1.82) is 0 Å². The highest BCUT2D eigenvalue weighted by Crippen LogP contribution is 2.56. The molecule has 1 aliphatic heterocycles. The van der Waals surface area contributed by atoms with Crippen LogP contribution in [0.25, 0.3) is 0 Å². The summed E-state index contributed by atoms with van der Waals surface area (Å²) in [5, 5.41) is 0.255. The van der Waals surface area contributed by atoms with Crippen LogP contribution < -0.4 is 4.90 Å². The first-order valence-corrected chi connectivity index (χ1v) is 7.28. The summed E-state index contributed by atoms with van der Waals surface area (Å²) < 4.78 is 14.0. The Labute approximate surface area is 120 Å². The molecule has 3 nitrogen and oxygen atoms in total. The third kappa shape index (κ3) is 1.46. The van der Waals surface area contributed by atoms with Crippen molar-refractivity contribution in [2.24, 2.45) is 23.7 Å². The summed E-state index contributed by atoms with van der Waals surface area (Å²) in [6, 6.07) is 4.06. The zero-order chi connectivity index (χ0) is 14.0. The molecule has 2 saturated carbocycles. The highest BCUT2D eigenvalue weighted by Gasteiger charge is 2.61. The van der Waals surface area contributed by atoms with Gasteiger partial charge in [-0.3, -0.25) is 9.59 Å². The van der Waals surface area contributed by atoms with Crippen LogP contribution in [0.15, 0.2) is 18.2 Å². The molecular weight excluding hydrogens is 281 g/mol. The van der Waals surface area contributed by atoms with Crippen molar-refractivity contribution < 1.29 is 14.0 Å². The van der Waals surface area contributed by atoms with Gasteiger partial charge < -0.3 is 0 Å². The molecule has 4 unspecified atom stereocenters. The predicted octanol–water partition coefficient (Wildman–Crippen LogP) is 3.01. The van der Waals surface area contributed by atoms with E-state index in [9.17, 15) is 14.0 Å². The fourth-order valence-electron chi connectivity index (χ4n) is 4.31. The number of anilines is 1. The van der Waals surface area contributed by atoms with Crippen molar-refractivity contribution in [3.8, 4) is 0 Å². The van der Waals surface area contributed by atoms with Crippen molar-refractivity contribution in [3.63, 3.8) is 0 Å². The fourth-order valence-corrected chi connectivity index (χ4v) is 4.47. The Morgan fingerprint density at radius 2 is 1.70 bits per heavy atom. The zero-order valence-electron chi connectivity index (χ0n) is 10.7. The number of imide groups is 1. The Hall–Kier alpha value is -1.42. The van der Waals surface area contributed by atoms with E-state index >= 15 is 0 Å². The van der Waals surface area contributed by atoms with Crippen LogP contribution in [0.1, 0.15) is 19.3 Å². The molecule has 2 aliphatic carbocycles. The van der Waals surface area contributed by atoms with E-state index in [2.05, 4.69) is 0 Å². The van der Waals surface area contributed by atoms with Crippen LogP contribution >= 0.6 is 11.6 Å². The molecule has 4 rings (SSSR count). The van der Waals surface area contributed by atoms with Gasteiger partial charge in [0.2, 0.25) is 11.8 Å². The van der Waals surface area contributed by atoms with Gasteiger partial charge in [0, 0.05) is 5.02 Å². The summed E-state index contributed by atoms with van der Waals surface area (Å²) >= 11 is 5.72. The second-order valence-electron chi connectivity index (χ2n) is 5.99. The van der Waals surface area contributed by atoms with Crippen molar-refractivity contribution in [2.75, 3.05) is 4.90 Å². The number of fused-ring (bicyclic) bond motifs is 5. The van der Waals surface area contributed by atoms with E-state index in [1.165, 1.54) is 12.1 Å². The van der Waals surface area contributed by atoms with Crippen LogP contribution in [-0.4, -0.2) is 11.8 Å². The molecule has 2 bridgehead atoms. The number of carbonyl (C=O) groups excluding carboxylic acids is 2. The summed E-state index contributed by atoms with van der Waals surface area (Å²) in [6.07, 6.45) is 3.01. The van der Waals surface area contributed by atoms with Crippen molar-refractivity contribution in [3.05, 3.63) is 29.0 Å². The van der Waals surface area contributed by atoms with Crippen molar-refractivity contribution in [2.45, 2.75) is 19.3 Å². The average molecular weight is 294 g/mol. The Balaban J connectivity index is 1.77. The largest absolute Gasteiger partial charge is 0.274 e. The van der Waals surface area contributed by atoms with E-state index in [1.807, 2.05) is 0 Å². The molecule has 4 atom stereocenters. The maximum atomic E-state index is 14.0. The number of hydrogen-bond donors (Lipinski definition) is 0. The number of rotatable bonds is 1. The van der Waals surface area contributed by atoms with Crippen LogP contribution in [0.4, 0.5) is 10.1 Å². The topological polar surface area (TPSA) is 37.4 Å². The Morgan fingerprint density at radius 3 is 2.25 bits per heavy atom. The fraction of sp³-hybridized carbons (Fsp3) is 0.467. The van der Waals surface area contributed by atoms with E-state index in [0.29, 0.717) is 11.8 Å². The lowest BCUT2D eigenvalue weighted by molar-refractivity contribution is -0.123. The number of benzene rings is 1. The maximum absolute atomic E-state index is 14.0. The van der Waals surface area contributed by atoms with Gasteiger partial charge >= 0.3 is 0 Å². The summed E-state index contributed by atoms with van der Waals surface area (Å²) in [4.78, 5) is 26.1. The van der Waals surface area contributed by atoms with Crippen LogP contribution in [0.3, 0.4) is 0 Å². The van der Waals surface area contributed by atoms with E-state index in [1.54, 1.807) is 0 Å². The SMILES string of the molecule is O=C1C2C3CCC(C3)C2C(=O)N1c1ccc(Cl)cc1F. The molecule has 3 fully saturated rings. The Kier molecular flexibility index (Phi) is 2.49. The Bertz CT molecular complexity index is 604. The summed E-state index contributed by atoms with van der Waals surface area (Å²) in [7, 11) is 0. The lowest BCUT2D eigenvalue weighted by Gasteiger charge is -2.19. The second kappa shape index (κ2) is 4.04. The van der Waals surface area contributed by atoms with Crippen molar-refractivity contribution in [1.82, 2.24) is 0 Å². The maximum Gasteiger partial charge on any atom is 0.238 e. The van der Waals surface area contributed by atoms with E-state index < -0.39 is 5.82 Å². The van der Waals surface area contributed by atoms with Gasteiger partial charge in [0.15, 0.2) is 0 Å². The van der Waals surface area contributed by atoms with E-state index in [-0.39, 0.29) is 34.4 Å². The van der Waals surface area contributed by atoms with Gasteiger partial charge in [-0.1, -0.05) is 11.6 Å². The van der Waals surface area contributed by atoms with Gasteiger partial charge in [0.1, 0.15) is 5.82 Å². The lowest BCUT2D eigenvalue weighted by Crippen LogP contribution is -2.33. The highest BCUT2D eigenvalue weighted by molar-refractivity contribution is 6.31. The molecular formula is C15H13ClFNO2. The standard InChI is InChI=1S/C15H13ClFNO2/c16-9-3-4-11(10(17)6-9)18-14(19)12-7-1-2-8(5-7)13(12)15(18)20/h3-4,6-8,12-13H,1-2,5H2. The summed E-state index contributed by atoms with van der Waals surface area (Å²) in [6.45, 7) is 0. The predicted molar refractivity (Wildman–Crippen MR) is 71.7 cm³/mol. The average Bonchev–Trinajstić information content (AvgIpc) is 3.06. The number of hydrogen-bond acceptors (Lipinski definition) is 2. The molecule has 1 aromatic carbocycles. The molecule has 104 valence electrons. The first-order valence-electron chi connectivity index (χ1n) is 6.91. The molecule has 1 saturated heterocycles. The molecule has 1 aromatic rings. The van der Waals surface area contributed by atoms with E-state index in [4.69, 9.17) is 11.6 Å². The molecule has 5 heteroatoms. The van der Waals surface area contributed by atoms with Crippen molar-refractivity contribution >= 4 is 29.1 Å². The molecule has 0 spiro atoms. The number of nitrogens with zero attached hydrogens (tertiary/aromatic N) is 1. The molecule has 0 aromatic heterocycles. The Morgan fingerprint density at radius 1 is 1.10 bits per heavy atom. The quantitative estimate of drug-likeness (QED) is 0.747. The van der Waals surface area contributed by atoms with Gasteiger partial charge in [-0.2, -0.15) is 0 Å². The molecule has 0 N–H and O–H groups in total. The van der Waals surface area contributed by atoms with Gasteiger partial charge in [-0.15, -0.1) is 0 Å². The number of halogens is 2. The normalized spacial score (nSPS) is 35.0. The molecule has 20 heavy (non-hydrogen) atoms. The molecule has 3 aliphatic rings. The summed E-state index contributed by atoms with van der Waals surface area (Å²) in [5.41, 5.74) is 0.0400. The van der Waals surface area contributed by atoms with Crippen LogP contribution in [0.5, 0.6) is 0 Å². The van der Waals surface area contributed by atoms with Gasteiger partial charge in [0.25, 0.3) is 0 Å². The minimum absolute atomic E-state index is 0.0400. The number of carbonyl (C=O) groups is 2. The molecule has 0 radical (unpaired) electrons. The second-order valence-corrected chi connectivity index (χ2v) is 6.43. The van der Waals surface area contributed by atoms with E-state index in [0.717, 1.165) is 30.2 Å². The lowest BCUT2D eigenvalue weighted by atomic mass is 9.81.